The van der Waals surface area contributed by atoms with Crippen LogP contribution in [0.15, 0.2) is 28.7 Å². The van der Waals surface area contributed by atoms with Gasteiger partial charge in [-0.1, -0.05) is 28.1 Å². The first-order valence-corrected chi connectivity index (χ1v) is 6.06. The van der Waals surface area contributed by atoms with Crippen LogP contribution in [0.5, 0.6) is 0 Å². The largest absolute Gasteiger partial charge is 0.461 e. The Morgan fingerprint density at radius 3 is 3.00 bits per heavy atom. The predicted octanol–water partition coefficient (Wildman–Crippen LogP) is 2.49. The van der Waals surface area contributed by atoms with Gasteiger partial charge in [-0.3, -0.25) is 4.79 Å². The molecular weight excluding hydrogens is 270 g/mol. The van der Waals surface area contributed by atoms with Crippen LogP contribution in [0.2, 0.25) is 0 Å². The Kier molecular flexibility index (Phi) is 6.11. The van der Waals surface area contributed by atoms with E-state index in [0.717, 1.165) is 23.0 Å². The van der Waals surface area contributed by atoms with E-state index in [1.807, 2.05) is 31.3 Å². The summed E-state index contributed by atoms with van der Waals surface area (Å²) in [5.74, 6) is -0.143. The summed E-state index contributed by atoms with van der Waals surface area (Å²) in [6.07, 6.45) is 1.28. The number of hydrogen-bond acceptors (Lipinski definition) is 3. The van der Waals surface area contributed by atoms with Crippen LogP contribution >= 0.6 is 15.9 Å². The quantitative estimate of drug-likeness (QED) is 0.645. The van der Waals surface area contributed by atoms with Crippen molar-refractivity contribution >= 4 is 21.9 Å². The lowest BCUT2D eigenvalue weighted by molar-refractivity contribution is -0.145. The standard InChI is InChI=1S/C12H16BrNO2/c1-14-7-3-6-12(15)16-9-10-4-2-5-11(13)8-10/h2,4-5,8,14H,3,6-7,9H2,1H3. The summed E-state index contributed by atoms with van der Waals surface area (Å²) in [4.78, 5) is 11.3. The third-order valence-corrected chi connectivity index (χ3v) is 2.59. The van der Waals surface area contributed by atoms with Crippen LogP contribution in [0.3, 0.4) is 0 Å². The summed E-state index contributed by atoms with van der Waals surface area (Å²) in [6.45, 7) is 1.18. The maximum absolute atomic E-state index is 11.3. The van der Waals surface area contributed by atoms with Crippen molar-refractivity contribution in [3.63, 3.8) is 0 Å². The molecule has 0 spiro atoms. The third-order valence-electron chi connectivity index (χ3n) is 2.10. The number of carbonyl (C=O) groups excluding carboxylic acids is 1. The molecule has 4 heteroatoms. The van der Waals surface area contributed by atoms with Gasteiger partial charge in [-0.15, -0.1) is 0 Å². The van der Waals surface area contributed by atoms with E-state index in [1.54, 1.807) is 0 Å². The Morgan fingerprint density at radius 2 is 2.31 bits per heavy atom. The van der Waals surface area contributed by atoms with Gasteiger partial charge in [0.15, 0.2) is 0 Å². The van der Waals surface area contributed by atoms with E-state index in [2.05, 4.69) is 21.2 Å². The number of rotatable bonds is 6. The molecule has 0 aliphatic carbocycles. The SMILES string of the molecule is CNCCCC(=O)OCc1cccc(Br)c1. The number of esters is 1. The van der Waals surface area contributed by atoms with Gasteiger partial charge < -0.3 is 10.1 Å². The first-order valence-electron chi connectivity index (χ1n) is 5.27. The number of carbonyl (C=O) groups is 1. The second-order valence-electron chi connectivity index (χ2n) is 3.50. The van der Waals surface area contributed by atoms with Gasteiger partial charge in [-0.2, -0.15) is 0 Å². The summed E-state index contributed by atoms with van der Waals surface area (Å²) in [7, 11) is 1.87. The van der Waals surface area contributed by atoms with E-state index in [0.29, 0.717) is 13.0 Å². The molecule has 0 radical (unpaired) electrons. The Morgan fingerprint density at radius 1 is 1.50 bits per heavy atom. The fourth-order valence-electron chi connectivity index (χ4n) is 1.27. The van der Waals surface area contributed by atoms with Gasteiger partial charge in [0.1, 0.15) is 6.61 Å². The molecule has 16 heavy (non-hydrogen) atoms. The lowest BCUT2D eigenvalue weighted by atomic mass is 10.2. The molecule has 0 saturated carbocycles. The van der Waals surface area contributed by atoms with E-state index < -0.39 is 0 Å². The van der Waals surface area contributed by atoms with Crippen LogP contribution in [-0.4, -0.2) is 19.6 Å². The number of nitrogens with one attached hydrogen (secondary N) is 1. The molecule has 1 aromatic rings. The van der Waals surface area contributed by atoms with Gasteiger partial charge in [0, 0.05) is 10.9 Å². The highest BCUT2D eigenvalue weighted by molar-refractivity contribution is 9.10. The van der Waals surface area contributed by atoms with Gasteiger partial charge in [0.05, 0.1) is 0 Å². The highest BCUT2D eigenvalue weighted by Gasteiger charge is 2.02. The van der Waals surface area contributed by atoms with Crippen LogP contribution in [-0.2, 0) is 16.1 Å². The fourth-order valence-corrected chi connectivity index (χ4v) is 1.72. The van der Waals surface area contributed by atoms with Crippen molar-refractivity contribution in [2.24, 2.45) is 0 Å². The second kappa shape index (κ2) is 7.41. The zero-order chi connectivity index (χ0) is 11.8. The van der Waals surface area contributed by atoms with Crippen LogP contribution in [0.1, 0.15) is 18.4 Å². The summed E-state index contributed by atoms with van der Waals surface area (Å²) in [5, 5.41) is 2.99. The fraction of sp³-hybridized carbons (Fsp3) is 0.417. The average Bonchev–Trinajstić information content (AvgIpc) is 2.27. The molecule has 0 atom stereocenters. The molecule has 1 rings (SSSR count). The van der Waals surface area contributed by atoms with E-state index in [9.17, 15) is 4.79 Å². The molecule has 0 amide bonds. The Hall–Kier alpha value is -0.870. The minimum absolute atomic E-state index is 0.143. The van der Waals surface area contributed by atoms with Gasteiger partial charge >= 0.3 is 5.97 Å². The van der Waals surface area contributed by atoms with E-state index in [-0.39, 0.29) is 5.97 Å². The topological polar surface area (TPSA) is 38.3 Å². The zero-order valence-electron chi connectivity index (χ0n) is 9.33. The maximum atomic E-state index is 11.3. The Labute approximate surface area is 104 Å². The van der Waals surface area contributed by atoms with Crippen molar-refractivity contribution in [2.45, 2.75) is 19.4 Å². The van der Waals surface area contributed by atoms with Crippen LogP contribution in [0.4, 0.5) is 0 Å². The van der Waals surface area contributed by atoms with Crippen molar-refractivity contribution in [1.82, 2.24) is 5.32 Å². The lowest BCUT2D eigenvalue weighted by Gasteiger charge is -2.05. The van der Waals surface area contributed by atoms with Gasteiger partial charge in [0.2, 0.25) is 0 Å². The van der Waals surface area contributed by atoms with E-state index in [1.165, 1.54) is 0 Å². The third kappa shape index (κ3) is 5.28. The lowest BCUT2D eigenvalue weighted by Crippen LogP contribution is -2.11. The summed E-state index contributed by atoms with van der Waals surface area (Å²) in [6, 6.07) is 7.75. The molecule has 0 unspecified atom stereocenters. The summed E-state index contributed by atoms with van der Waals surface area (Å²) < 4.78 is 6.14. The van der Waals surface area contributed by atoms with Gasteiger partial charge in [-0.05, 0) is 37.7 Å². The molecule has 0 bridgehead atoms. The molecule has 3 nitrogen and oxygen atoms in total. The van der Waals surface area contributed by atoms with Crippen LogP contribution in [0.25, 0.3) is 0 Å². The van der Waals surface area contributed by atoms with Crippen molar-refractivity contribution in [3.8, 4) is 0 Å². The number of ether oxygens (including phenoxy) is 1. The first-order chi connectivity index (χ1) is 7.72. The second-order valence-corrected chi connectivity index (χ2v) is 4.41. The number of halogens is 1. The zero-order valence-corrected chi connectivity index (χ0v) is 10.9. The molecule has 0 aromatic heterocycles. The van der Waals surface area contributed by atoms with Crippen LogP contribution < -0.4 is 5.32 Å². The van der Waals surface area contributed by atoms with Crippen LogP contribution in [0, 0.1) is 0 Å². The van der Waals surface area contributed by atoms with Crippen molar-refractivity contribution < 1.29 is 9.53 Å². The summed E-state index contributed by atoms with van der Waals surface area (Å²) >= 11 is 3.37. The Bertz CT molecular complexity index is 342. The van der Waals surface area contributed by atoms with Gasteiger partial charge in [0.25, 0.3) is 0 Å². The van der Waals surface area contributed by atoms with E-state index >= 15 is 0 Å². The molecule has 0 aliphatic rings. The molecule has 1 N–H and O–H groups in total. The molecule has 0 saturated heterocycles. The minimum Gasteiger partial charge on any atom is -0.461 e. The maximum Gasteiger partial charge on any atom is 0.306 e. The highest BCUT2D eigenvalue weighted by atomic mass is 79.9. The molecule has 88 valence electrons. The molecule has 1 aromatic carbocycles. The van der Waals surface area contributed by atoms with Crippen molar-refractivity contribution in [3.05, 3.63) is 34.3 Å². The van der Waals surface area contributed by atoms with E-state index in [4.69, 9.17) is 4.74 Å². The normalized spacial score (nSPS) is 10.1. The monoisotopic (exact) mass is 285 g/mol. The number of benzene rings is 1. The minimum atomic E-state index is -0.143. The predicted molar refractivity (Wildman–Crippen MR) is 67.1 cm³/mol. The number of hydrogen-bond donors (Lipinski definition) is 1. The first kappa shape index (κ1) is 13.2. The van der Waals surface area contributed by atoms with Crippen molar-refractivity contribution in [1.29, 1.82) is 0 Å². The molecular formula is C12H16BrNO2. The van der Waals surface area contributed by atoms with Gasteiger partial charge in [-0.25, -0.2) is 0 Å². The summed E-state index contributed by atoms with van der Waals surface area (Å²) in [5.41, 5.74) is 0.997. The molecule has 0 heterocycles. The Balaban J connectivity index is 2.26. The average molecular weight is 286 g/mol. The highest BCUT2D eigenvalue weighted by Crippen LogP contribution is 2.12. The smallest absolute Gasteiger partial charge is 0.306 e. The molecule has 0 fully saturated rings. The van der Waals surface area contributed by atoms with Crippen molar-refractivity contribution in [2.75, 3.05) is 13.6 Å². The molecule has 0 aliphatic heterocycles.